The van der Waals surface area contributed by atoms with E-state index in [4.69, 9.17) is 9.47 Å². The van der Waals surface area contributed by atoms with Gasteiger partial charge in [-0.1, -0.05) is 71.4 Å². The lowest BCUT2D eigenvalue weighted by atomic mass is 9.93. The number of rotatable bonds is 17. The van der Waals surface area contributed by atoms with Gasteiger partial charge >= 0.3 is 18.0 Å². The molecule has 2 aromatic rings. The number of ether oxygens (including phenoxy) is 2. The fraction of sp³-hybridized carbons (Fsp3) is 0.611. The van der Waals surface area contributed by atoms with Crippen LogP contribution >= 0.6 is 11.3 Å². The first kappa shape index (κ1) is 41.2. The number of hydrogen-bond acceptors (Lipinski definition) is 9. The minimum absolute atomic E-state index is 0.0798. The van der Waals surface area contributed by atoms with Gasteiger partial charge in [0.1, 0.15) is 22.3 Å². The van der Waals surface area contributed by atoms with Crippen LogP contribution in [0.1, 0.15) is 109 Å². The zero-order valence-electron chi connectivity index (χ0n) is 30.4. The normalized spacial score (nSPS) is 15.2. The third-order valence-corrected chi connectivity index (χ3v) is 9.22. The van der Waals surface area contributed by atoms with E-state index in [1.807, 2.05) is 58.0 Å². The average Bonchev–Trinajstić information content (AvgIpc) is 3.50. The molecular weight excluding hydrogens is 648 g/mol. The Kier molecular flexibility index (Phi) is 15.7. The SMILES string of the molecule is CC[C@H](C)[C@H](NC(=O)OC(C)(C)C)C(=O)N(C)[C@H](C[C@@H](OC(C)=O)c1nc(C(=O)NC(Cc2ccccc2)CC(C)C(=O)O)cs1)C(C)C. The van der Waals surface area contributed by atoms with Crippen molar-refractivity contribution in [2.24, 2.45) is 17.8 Å². The van der Waals surface area contributed by atoms with Gasteiger partial charge < -0.3 is 30.1 Å². The first-order valence-electron chi connectivity index (χ1n) is 16.8. The quantitative estimate of drug-likeness (QED) is 0.168. The molecule has 0 spiro atoms. The summed E-state index contributed by atoms with van der Waals surface area (Å²) in [4.78, 5) is 70.0. The predicted molar refractivity (Wildman–Crippen MR) is 188 cm³/mol. The van der Waals surface area contributed by atoms with Crippen LogP contribution in [0.5, 0.6) is 0 Å². The summed E-state index contributed by atoms with van der Waals surface area (Å²) in [5.41, 5.74) is 0.330. The summed E-state index contributed by atoms with van der Waals surface area (Å²) in [5.74, 6) is -3.23. The third kappa shape index (κ3) is 13.4. The molecule has 2 rings (SSSR count). The van der Waals surface area contributed by atoms with Crippen LogP contribution < -0.4 is 10.6 Å². The van der Waals surface area contributed by atoms with E-state index in [2.05, 4.69) is 15.6 Å². The van der Waals surface area contributed by atoms with Gasteiger partial charge in [0.25, 0.3) is 5.91 Å². The Morgan fingerprint density at radius 1 is 1.00 bits per heavy atom. The van der Waals surface area contributed by atoms with E-state index in [0.717, 1.165) is 16.9 Å². The second kappa shape index (κ2) is 18.7. The van der Waals surface area contributed by atoms with Gasteiger partial charge in [0.05, 0.1) is 5.92 Å². The largest absolute Gasteiger partial charge is 0.481 e. The number of carbonyl (C=O) groups excluding carboxylic acids is 4. The van der Waals surface area contributed by atoms with E-state index in [0.29, 0.717) is 17.8 Å². The number of aromatic nitrogens is 1. The van der Waals surface area contributed by atoms with Crippen molar-refractivity contribution in [3.05, 3.63) is 52.0 Å². The van der Waals surface area contributed by atoms with Crippen molar-refractivity contribution in [1.29, 1.82) is 0 Å². The van der Waals surface area contributed by atoms with Crippen LogP contribution in [0.15, 0.2) is 35.7 Å². The fourth-order valence-electron chi connectivity index (χ4n) is 5.42. The van der Waals surface area contributed by atoms with Crippen molar-refractivity contribution < 1.29 is 38.6 Å². The molecule has 272 valence electrons. The summed E-state index contributed by atoms with van der Waals surface area (Å²) in [7, 11) is 1.66. The number of thiazole rings is 1. The molecule has 2 unspecified atom stereocenters. The number of nitrogens with zero attached hydrogens (tertiary/aromatic N) is 2. The van der Waals surface area contributed by atoms with Crippen molar-refractivity contribution in [2.45, 2.75) is 118 Å². The number of hydrogen-bond donors (Lipinski definition) is 3. The van der Waals surface area contributed by atoms with Crippen LogP contribution in [-0.4, -0.2) is 75.6 Å². The standard InChI is InChI=1S/C36H54N4O8S/c1-11-22(4)30(39-35(46)48-36(7,8)9)33(43)40(10)28(21(2)3)19-29(47-24(6)41)32-38-27(20-49-32)31(42)37-26(17-23(5)34(44)45)18-25-15-13-12-14-16-25/h12-16,20-23,26,28-30H,11,17-19H2,1-10H3,(H,37,42)(H,39,46)(H,44,45)/t22-,23?,26?,28+,29+,30-/m0/s1. The number of carbonyl (C=O) groups is 5. The number of nitrogens with one attached hydrogen (secondary N) is 2. The number of alkyl carbamates (subject to hydrolysis) is 1. The molecular formula is C36H54N4O8S. The maximum absolute atomic E-state index is 13.9. The second-order valence-electron chi connectivity index (χ2n) is 14.0. The van der Waals surface area contributed by atoms with E-state index in [1.54, 1.807) is 45.0 Å². The Balaban J connectivity index is 2.31. The molecule has 1 heterocycles. The Morgan fingerprint density at radius 2 is 1.63 bits per heavy atom. The van der Waals surface area contributed by atoms with Crippen molar-refractivity contribution in [2.75, 3.05) is 7.05 Å². The molecule has 0 aliphatic carbocycles. The minimum Gasteiger partial charge on any atom is -0.481 e. The summed E-state index contributed by atoms with van der Waals surface area (Å²) < 4.78 is 11.1. The van der Waals surface area contributed by atoms with E-state index >= 15 is 0 Å². The van der Waals surface area contributed by atoms with Crippen molar-refractivity contribution >= 4 is 41.2 Å². The Hall–Kier alpha value is -4.00. The summed E-state index contributed by atoms with van der Waals surface area (Å²) in [6, 6.07) is 7.74. The van der Waals surface area contributed by atoms with Gasteiger partial charge in [-0.2, -0.15) is 0 Å². The number of aliphatic carboxylic acids is 1. The Bertz CT molecular complexity index is 1410. The van der Waals surface area contributed by atoms with E-state index < -0.39 is 59.7 Å². The topological polar surface area (TPSA) is 164 Å². The smallest absolute Gasteiger partial charge is 0.408 e. The molecule has 0 radical (unpaired) electrons. The van der Waals surface area contributed by atoms with Crippen LogP contribution in [0.2, 0.25) is 0 Å². The number of carboxylic acids is 1. The number of amides is 3. The molecule has 49 heavy (non-hydrogen) atoms. The fourth-order valence-corrected chi connectivity index (χ4v) is 6.25. The molecule has 0 bridgehead atoms. The highest BCUT2D eigenvalue weighted by Gasteiger charge is 2.36. The van der Waals surface area contributed by atoms with Gasteiger partial charge in [0.15, 0.2) is 6.10 Å². The van der Waals surface area contributed by atoms with Crippen LogP contribution in [0.3, 0.4) is 0 Å². The predicted octanol–water partition coefficient (Wildman–Crippen LogP) is 6.01. The van der Waals surface area contributed by atoms with Gasteiger partial charge in [0, 0.05) is 37.9 Å². The summed E-state index contributed by atoms with van der Waals surface area (Å²) in [6.07, 6.45) is -0.0577. The number of esters is 1. The number of carboxylic acid groups (broad SMARTS) is 1. The zero-order chi connectivity index (χ0) is 37.1. The maximum Gasteiger partial charge on any atom is 0.408 e. The maximum atomic E-state index is 13.9. The van der Waals surface area contributed by atoms with Crippen LogP contribution in [0.25, 0.3) is 0 Å². The van der Waals surface area contributed by atoms with Crippen LogP contribution in [0, 0.1) is 17.8 Å². The molecule has 0 aliphatic rings. The van der Waals surface area contributed by atoms with Gasteiger partial charge in [-0.3, -0.25) is 19.2 Å². The lowest BCUT2D eigenvalue weighted by Crippen LogP contribution is -2.55. The molecule has 0 aliphatic heterocycles. The first-order valence-corrected chi connectivity index (χ1v) is 17.7. The Morgan fingerprint density at radius 3 is 2.16 bits per heavy atom. The van der Waals surface area contributed by atoms with E-state index in [9.17, 15) is 29.1 Å². The van der Waals surface area contributed by atoms with Gasteiger partial charge in [-0.05, 0) is 51.0 Å². The molecule has 6 atom stereocenters. The highest BCUT2D eigenvalue weighted by molar-refractivity contribution is 7.09. The van der Waals surface area contributed by atoms with Gasteiger partial charge in [0.2, 0.25) is 5.91 Å². The van der Waals surface area contributed by atoms with Crippen molar-refractivity contribution in [3.63, 3.8) is 0 Å². The lowest BCUT2D eigenvalue weighted by molar-refractivity contribution is -0.149. The summed E-state index contributed by atoms with van der Waals surface area (Å²) in [6.45, 7) is 15.9. The van der Waals surface area contributed by atoms with Crippen molar-refractivity contribution in [1.82, 2.24) is 20.5 Å². The molecule has 0 fully saturated rings. The second-order valence-corrected chi connectivity index (χ2v) is 14.9. The highest BCUT2D eigenvalue weighted by atomic mass is 32.1. The zero-order valence-corrected chi connectivity index (χ0v) is 31.3. The number of benzene rings is 1. The molecule has 13 heteroatoms. The third-order valence-electron chi connectivity index (χ3n) is 8.28. The number of likely N-dealkylation sites (N-methyl/N-ethyl adjacent to an activating group) is 1. The molecule has 3 amide bonds. The molecule has 1 aromatic carbocycles. The highest BCUT2D eigenvalue weighted by Crippen LogP contribution is 2.31. The average molecular weight is 703 g/mol. The molecule has 1 aromatic heterocycles. The van der Waals surface area contributed by atoms with E-state index in [-0.39, 0.29) is 36.3 Å². The lowest BCUT2D eigenvalue weighted by Gasteiger charge is -2.37. The molecule has 0 saturated heterocycles. The molecule has 0 saturated carbocycles. The van der Waals surface area contributed by atoms with Crippen molar-refractivity contribution in [3.8, 4) is 0 Å². The first-order chi connectivity index (χ1) is 22.8. The van der Waals surface area contributed by atoms with Gasteiger partial charge in [-0.25, -0.2) is 9.78 Å². The molecule has 3 N–H and O–H groups in total. The minimum atomic E-state index is -0.952. The Labute approximate surface area is 294 Å². The van der Waals surface area contributed by atoms with E-state index in [1.165, 1.54) is 6.92 Å². The van der Waals surface area contributed by atoms with Crippen LogP contribution in [-0.2, 0) is 30.3 Å². The van der Waals surface area contributed by atoms with Gasteiger partial charge in [-0.15, -0.1) is 11.3 Å². The van der Waals surface area contributed by atoms with Crippen LogP contribution in [0.4, 0.5) is 4.79 Å². The summed E-state index contributed by atoms with van der Waals surface area (Å²) >= 11 is 1.16. The molecule has 12 nitrogen and oxygen atoms in total. The monoisotopic (exact) mass is 702 g/mol. The summed E-state index contributed by atoms with van der Waals surface area (Å²) in [5, 5.41) is 17.2.